The molecule has 0 saturated heterocycles. The van der Waals surface area contributed by atoms with Gasteiger partial charge in [-0.1, -0.05) is 13.0 Å². The molecule has 0 spiro atoms. The number of rotatable bonds is 1. The van der Waals surface area contributed by atoms with Gasteiger partial charge >= 0.3 is 57.6 Å². The standard InChI is InChI=1S/C9H7F4.K/c1-2-6-3-4-8(10)7(5-6)9(11,12)13;/h2-5H,1H3;/q-1;+1. The van der Waals surface area contributed by atoms with Crippen LogP contribution in [0.3, 0.4) is 0 Å². The van der Waals surface area contributed by atoms with E-state index in [0.29, 0.717) is 5.56 Å². The van der Waals surface area contributed by atoms with Crippen LogP contribution in [0.25, 0.3) is 0 Å². The Kier molecular flexibility index (Phi) is 5.68. The molecule has 1 aromatic carbocycles. The van der Waals surface area contributed by atoms with Crippen LogP contribution in [0.5, 0.6) is 0 Å². The Morgan fingerprint density at radius 2 is 1.79 bits per heavy atom. The molecule has 0 bridgehead atoms. The molecule has 0 fully saturated rings. The summed E-state index contributed by atoms with van der Waals surface area (Å²) in [5.74, 6) is -1.24. The second kappa shape index (κ2) is 5.51. The van der Waals surface area contributed by atoms with Crippen molar-refractivity contribution in [3.05, 3.63) is 41.6 Å². The van der Waals surface area contributed by atoms with Crippen LogP contribution in [0.15, 0.2) is 18.2 Å². The Bertz CT molecular complexity index is 306. The Labute approximate surface area is 122 Å². The minimum atomic E-state index is -4.62. The summed E-state index contributed by atoms with van der Waals surface area (Å²) in [6.45, 7) is 1.59. The van der Waals surface area contributed by atoms with E-state index in [1.165, 1.54) is 12.5 Å². The van der Waals surface area contributed by atoms with Gasteiger partial charge in [0.05, 0.1) is 0 Å². The van der Waals surface area contributed by atoms with Crippen molar-refractivity contribution in [1.29, 1.82) is 0 Å². The number of alkyl halides is 3. The summed E-state index contributed by atoms with van der Waals surface area (Å²) < 4.78 is 49.0. The van der Waals surface area contributed by atoms with Gasteiger partial charge in [0.1, 0.15) is 5.82 Å². The quantitative estimate of drug-likeness (QED) is 0.373. The van der Waals surface area contributed by atoms with Crippen LogP contribution in [0.2, 0.25) is 0 Å². The molecule has 0 nitrogen and oxygen atoms in total. The number of benzene rings is 1. The van der Waals surface area contributed by atoms with E-state index in [9.17, 15) is 17.6 Å². The molecule has 72 valence electrons. The topological polar surface area (TPSA) is 0 Å². The van der Waals surface area contributed by atoms with Gasteiger partial charge in [-0.25, -0.2) is 4.39 Å². The maximum absolute atomic E-state index is 12.7. The molecule has 0 unspecified atom stereocenters. The summed E-state index contributed by atoms with van der Waals surface area (Å²) in [6.07, 6.45) is -3.14. The van der Waals surface area contributed by atoms with Gasteiger partial charge in [0.2, 0.25) is 0 Å². The Hall–Kier alpha value is 0.446. The second-order valence-corrected chi connectivity index (χ2v) is 2.53. The third-order valence-corrected chi connectivity index (χ3v) is 1.63. The molecule has 1 aromatic rings. The normalized spacial score (nSPS) is 10.6. The maximum Gasteiger partial charge on any atom is 1.00 e. The molecule has 5 heteroatoms. The Morgan fingerprint density at radius 1 is 1.21 bits per heavy atom. The van der Waals surface area contributed by atoms with Crippen molar-refractivity contribution in [2.45, 2.75) is 13.1 Å². The average Bonchev–Trinajstić information content (AvgIpc) is 2.03. The van der Waals surface area contributed by atoms with Crippen molar-refractivity contribution in [1.82, 2.24) is 0 Å². The smallest absolute Gasteiger partial charge is 0.209 e. The third kappa shape index (κ3) is 3.55. The SMILES string of the molecule is C[CH-]c1ccc(F)c(C(F)(F)F)c1.[K+]. The van der Waals surface area contributed by atoms with Crippen LogP contribution < -0.4 is 51.4 Å². The first kappa shape index (κ1) is 14.4. The summed E-state index contributed by atoms with van der Waals surface area (Å²) in [6, 6.07) is 2.90. The molecule has 0 aromatic heterocycles. The van der Waals surface area contributed by atoms with Gasteiger partial charge < -0.3 is 0 Å². The summed E-state index contributed by atoms with van der Waals surface area (Å²) in [7, 11) is 0. The molecule has 0 radical (unpaired) electrons. The zero-order valence-corrected chi connectivity index (χ0v) is 10.9. The van der Waals surface area contributed by atoms with E-state index in [4.69, 9.17) is 0 Å². The third-order valence-electron chi connectivity index (χ3n) is 1.63. The van der Waals surface area contributed by atoms with Crippen molar-refractivity contribution in [2.24, 2.45) is 0 Å². The fourth-order valence-corrected chi connectivity index (χ4v) is 0.940. The zero-order valence-electron chi connectivity index (χ0n) is 7.82. The minimum Gasteiger partial charge on any atom is -0.209 e. The van der Waals surface area contributed by atoms with E-state index in [1.54, 1.807) is 6.92 Å². The van der Waals surface area contributed by atoms with E-state index >= 15 is 0 Å². The van der Waals surface area contributed by atoms with Crippen LogP contribution in [0, 0.1) is 12.2 Å². The van der Waals surface area contributed by atoms with Gasteiger partial charge in [0.15, 0.2) is 0 Å². The molecule has 14 heavy (non-hydrogen) atoms. The molecule has 0 aliphatic rings. The van der Waals surface area contributed by atoms with Crippen LogP contribution in [0.1, 0.15) is 18.1 Å². The Morgan fingerprint density at radius 3 is 2.21 bits per heavy atom. The number of hydrogen-bond acceptors (Lipinski definition) is 0. The summed E-state index contributed by atoms with van der Waals surface area (Å²) in [4.78, 5) is 0. The van der Waals surface area contributed by atoms with E-state index in [2.05, 4.69) is 0 Å². The predicted molar refractivity (Wildman–Crippen MR) is 40.5 cm³/mol. The summed E-state index contributed by atoms with van der Waals surface area (Å²) >= 11 is 0. The second-order valence-electron chi connectivity index (χ2n) is 2.53. The monoisotopic (exact) mass is 230 g/mol. The van der Waals surface area contributed by atoms with E-state index in [1.807, 2.05) is 0 Å². The predicted octanol–water partition coefficient (Wildman–Crippen LogP) is 0.421. The molecular formula is C9H7F4K. The largest absolute Gasteiger partial charge is 1.00 e. The van der Waals surface area contributed by atoms with Crippen LogP contribution in [-0.4, -0.2) is 0 Å². The van der Waals surface area contributed by atoms with Crippen molar-refractivity contribution < 1.29 is 68.9 Å². The van der Waals surface area contributed by atoms with Gasteiger partial charge in [-0.2, -0.15) is 31.2 Å². The van der Waals surface area contributed by atoms with E-state index in [0.717, 1.165) is 12.1 Å². The van der Waals surface area contributed by atoms with Crippen LogP contribution in [0.4, 0.5) is 17.6 Å². The fourth-order valence-electron chi connectivity index (χ4n) is 0.940. The van der Waals surface area contributed by atoms with Gasteiger partial charge in [-0.05, 0) is 0 Å². The van der Waals surface area contributed by atoms with Gasteiger partial charge in [-0.15, -0.1) is 6.07 Å². The zero-order chi connectivity index (χ0) is 10.1. The number of hydrogen-bond donors (Lipinski definition) is 0. The fraction of sp³-hybridized carbons (Fsp3) is 0.222. The van der Waals surface area contributed by atoms with Crippen molar-refractivity contribution >= 4 is 0 Å². The van der Waals surface area contributed by atoms with Crippen molar-refractivity contribution in [3.8, 4) is 0 Å². The minimum absolute atomic E-state index is 0. The summed E-state index contributed by atoms with van der Waals surface area (Å²) in [5.41, 5.74) is -0.864. The molecule has 0 heterocycles. The van der Waals surface area contributed by atoms with Crippen LogP contribution >= 0.6 is 0 Å². The first-order chi connectivity index (χ1) is 5.95. The summed E-state index contributed by atoms with van der Waals surface area (Å²) in [5, 5.41) is 0. The first-order valence-electron chi connectivity index (χ1n) is 3.61. The molecule has 0 N–H and O–H groups in total. The Balaban J connectivity index is 0.00000169. The molecule has 0 atom stereocenters. The van der Waals surface area contributed by atoms with Gasteiger partial charge in [-0.3, -0.25) is 0 Å². The van der Waals surface area contributed by atoms with Crippen molar-refractivity contribution in [3.63, 3.8) is 0 Å². The van der Waals surface area contributed by atoms with E-state index < -0.39 is 17.6 Å². The van der Waals surface area contributed by atoms with Gasteiger partial charge in [0.25, 0.3) is 0 Å². The molecule has 0 aliphatic carbocycles. The molecule has 0 aliphatic heterocycles. The number of halogens is 4. The van der Waals surface area contributed by atoms with Crippen molar-refractivity contribution in [2.75, 3.05) is 0 Å². The molecule has 0 amide bonds. The maximum atomic E-state index is 12.7. The van der Waals surface area contributed by atoms with E-state index in [-0.39, 0.29) is 51.4 Å². The van der Waals surface area contributed by atoms with Gasteiger partial charge in [0, 0.05) is 5.56 Å². The van der Waals surface area contributed by atoms with Crippen LogP contribution in [-0.2, 0) is 6.18 Å². The molecule has 0 saturated carbocycles. The first-order valence-corrected chi connectivity index (χ1v) is 3.61. The molecule has 1 rings (SSSR count). The average molecular weight is 230 g/mol. The molecular weight excluding hydrogens is 223 g/mol.